The van der Waals surface area contributed by atoms with Crippen LogP contribution in [0.4, 0.5) is 0 Å². The smallest absolute Gasteiger partial charge is 0.331 e. The monoisotopic (exact) mass is 460 g/mol. The van der Waals surface area contributed by atoms with Gasteiger partial charge in [-0.3, -0.25) is 0 Å². The Labute approximate surface area is 199 Å². The lowest BCUT2D eigenvalue weighted by molar-refractivity contribution is -0.137. The molecule has 0 aromatic rings. The lowest BCUT2D eigenvalue weighted by Gasteiger charge is -2.43. The van der Waals surface area contributed by atoms with Gasteiger partial charge < -0.3 is 9.16 Å². The number of ether oxygens (including phenoxy) is 1. The Hall–Kier alpha value is -1.39. The van der Waals surface area contributed by atoms with Crippen molar-refractivity contribution >= 4 is 14.3 Å². The van der Waals surface area contributed by atoms with Crippen molar-refractivity contribution in [3.8, 4) is 0 Å². The van der Waals surface area contributed by atoms with Crippen molar-refractivity contribution in [2.24, 2.45) is 0 Å². The molecule has 1 aliphatic carbocycles. The molecule has 182 valence electrons. The summed E-state index contributed by atoms with van der Waals surface area (Å²) in [6.07, 6.45) is 17.8. The quantitative estimate of drug-likeness (QED) is 0.183. The van der Waals surface area contributed by atoms with Gasteiger partial charge in [0.1, 0.15) is 0 Å². The summed E-state index contributed by atoms with van der Waals surface area (Å²) < 4.78 is 12.1. The van der Waals surface area contributed by atoms with E-state index in [4.69, 9.17) is 9.16 Å². The highest BCUT2D eigenvalue weighted by atomic mass is 28.4. The normalized spacial score (nSPS) is 28.0. The number of hydrogen-bond donors (Lipinski definition) is 0. The van der Waals surface area contributed by atoms with Crippen molar-refractivity contribution in [3.05, 3.63) is 47.1 Å². The molecule has 4 heteroatoms. The van der Waals surface area contributed by atoms with Crippen LogP contribution in [0, 0.1) is 0 Å². The van der Waals surface area contributed by atoms with Crippen LogP contribution in [0.25, 0.3) is 0 Å². The molecule has 1 atom stereocenters. The van der Waals surface area contributed by atoms with E-state index in [-0.39, 0.29) is 16.6 Å². The van der Waals surface area contributed by atoms with Crippen molar-refractivity contribution in [1.82, 2.24) is 0 Å². The predicted octanol–water partition coefficient (Wildman–Crippen LogP) is 8.45. The van der Waals surface area contributed by atoms with Crippen LogP contribution >= 0.6 is 0 Å². The average Bonchev–Trinajstić information content (AvgIpc) is 2.64. The number of allylic oxidation sites excluding steroid dienone is 6. The molecule has 0 aliphatic heterocycles. The van der Waals surface area contributed by atoms with E-state index >= 15 is 0 Å². The van der Waals surface area contributed by atoms with E-state index in [1.165, 1.54) is 11.1 Å². The van der Waals surface area contributed by atoms with Gasteiger partial charge >= 0.3 is 5.97 Å². The molecule has 1 unspecified atom stereocenters. The minimum absolute atomic E-state index is 0.138. The van der Waals surface area contributed by atoms with E-state index in [1.807, 2.05) is 6.92 Å². The van der Waals surface area contributed by atoms with Crippen LogP contribution in [0.5, 0.6) is 0 Å². The van der Waals surface area contributed by atoms with Crippen molar-refractivity contribution in [2.45, 2.75) is 117 Å². The number of carbonyl (C=O) groups is 1. The van der Waals surface area contributed by atoms with Crippen LogP contribution in [0.3, 0.4) is 0 Å². The van der Waals surface area contributed by atoms with E-state index < -0.39 is 8.32 Å². The maximum absolute atomic E-state index is 12.2. The molecule has 0 N–H and O–H groups in total. The molecule has 0 fully saturated rings. The number of rotatable bonds is 4. The summed E-state index contributed by atoms with van der Waals surface area (Å²) in [4.78, 5) is 12.2. The van der Waals surface area contributed by atoms with Crippen molar-refractivity contribution in [3.63, 3.8) is 0 Å². The summed E-state index contributed by atoms with van der Waals surface area (Å²) in [6, 6.07) is 0. The van der Waals surface area contributed by atoms with Crippen molar-refractivity contribution < 1.29 is 14.0 Å². The standard InChI is InChI=1S/C28H48O3Si/c1-10-30-26(29)22-25-18-12-16-23(2)14-11-15-24(3)17-13-20-28(7,21-19-25)31-32(8,9)27(4,5)6/h14,17,19,21-22H,10-13,15-16,18,20H2,1-9H3/b21-19+,23-14+,24-17+,25-22+. The fraction of sp³-hybridized carbons (Fsp3) is 0.679. The predicted molar refractivity (Wildman–Crippen MR) is 140 cm³/mol. The Kier molecular flexibility index (Phi) is 11.4. The van der Waals surface area contributed by atoms with Crippen LogP contribution in [0.1, 0.15) is 93.4 Å². The molecule has 0 saturated heterocycles. The maximum atomic E-state index is 12.2. The molecule has 1 rings (SSSR count). The van der Waals surface area contributed by atoms with Gasteiger partial charge in [-0.1, -0.05) is 56.2 Å². The third kappa shape index (κ3) is 10.5. The summed E-state index contributed by atoms with van der Waals surface area (Å²) in [5.74, 6) is -0.261. The maximum Gasteiger partial charge on any atom is 0.331 e. The topological polar surface area (TPSA) is 35.5 Å². The third-order valence-corrected chi connectivity index (χ3v) is 11.3. The molecule has 0 bridgehead atoms. The van der Waals surface area contributed by atoms with Gasteiger partial charge in [0.25, 0.3) is 0 Å². The van der Waals surface area contributed by atoms with Gasteiger partial charge in [-0.05, 0) is 96.3 Å². The van der Waals surface area contributed by atoms with Crippen molar-refractivity contribution in [2.75, 3.05) is 6.61 Å². The fourth-order valence-corrected chi connectivity index (χ4v) is 5.30. The lowest BCUT2D eigenvalue weighted by Crippen LogP contribution is -2.47. The molecule has 0 spiro atoms. The Bertz CT molecular complexity index is 734. The highest BCUT2D eigenvalue weighted by Gasteiger charge is 2.41. The molecule has 0 aromatic carbocycles. The largest absolute Gasteiger partial charge is 0.463 e. The molecule has 3 nitrogen and oxygen atoms in total. The van der Waals surface area contributed by atoms with E-state index in [1.54, 1.807) is 6.08 Å². The highest BCUT2D eigenvalue weighted by molar-refractivity contribution is 6.74. The van der Waals surface area contributed by atoms with Gasteiger partial charge in [-0.2, -0.15) is 0 Å². The minimum atomic E-state index is -1.97. The zero-order valence-corrected chi connectivity index (χ0v) is 23.3. The molecule has 0 radical (unpaired) electrons. The summed E-state index contributed by atoms with van der Waals surface area (Å²) >= 11 is 0. The number of carbonyl (C=O) groups excluding carboxylic acids is 1. The van der Waals surface area contributed by atoms with E-state index in [0.29, 0.717) is 6.61 Å². The Morgan fingerprint density at radius 2 is 1.72 bits per heavy atom. The van der Waals surface area contributed by atoms with Crippen LogP contribution in [-0.2, 0) is 14.0 Å². The third-order valence-electron chi connectivity index (χ3n) is 6.74. The van der Waals surface area contributed by atoms with Gasteiger partial charge in [-0.15, -0.1) is 0 Å². The molecular weight excluding hydrogens is 412 g/mol. The van der Waals surface area contributed by atoms with Gasteiger partial charge in [0, 0.05) is 6.08 Å². The first kappa shape index (κ1) is 28.6. The van der Waals surface area contributed by atoms with E-state index in [9.17, 15) is 4.79 Å². The zero-order chi connectivity index (χ0) is 24.4. The molecule has 1 aliphatic rings. The fourth-order valence-electron chi connectivity index (χ4n) is 3.65. The van der Waals surface area contributed by atoms with Crippen LogP contribution in [0.15, 0.2) is 47.1 Å². The van der Waals surface area contributed by atoms with Crippen LogP contribution in [0.2, 0.25) is 18.1 Å². The summed E-state index contributed by atoms with van der Waals surface area (Å²) in [5, 5.41) is 0.138. The summed E-state index contributed by atoms with van der Waals surface area (Å²) in [6.45, 7) is 20.4. The number of esters is 1. The van der Waals surface area contributed by atoms with E-state index in [0.717, 1.165) is 50.5 Å². The first-order chi connectivity index (χ1) is 14.8. The van der Waals surface area contributed by atoms with E-state index in [2.05, 4.69) is 78.9 Å². The van der Waals surface area contributed by atoms with Gasteiger partial charge in [0.05, 0.1) is 12.2 Å². The first-order valence-corrected chi connectivity index (χ1v) is 15.3. The summed E-state index contributed by atoms with van der Waals surface area (Å²) in [5.41, 5.74) is 3.52. The van der Waals surface area contributed by atoms with Gasteiger partial charge in [0.2, 0.25) is 0 Å². The van der Waals surface area contributed by atoms with Crippen molar-refractivity contribution in [1.29, 1.82) is 0 Å². The molecular formula is C28H48O3Si. The SMILES string of the molecule is CCOC(=O)/C=C1/C=C/C(C)(O[Si](C)(C)C(C)(C)C)CC/C=C(\C)CC/C=C(\C)CCC1. The zero-order valence-electron chi connectivity index (χ0n) is 22.3. The second-order valence-corrected chi connectivity index (χ2v) is 15.7. The molecule has 32 heavy (non-hydrogen) atoms. The second kappa shape index (κ2) is 12.7. The Balaban J connectivity index is 3.30. The average molecular weight is 461 g/mol. The number of hydrogen-bond acceptors (Lipinski definition) is 3. The van der Waals surface area contributed by atoms with Crippen LogP contribution < -0.4 is 0 Å². The summed E-state index contributed by atoms with van der Waals surface area (Å²) in [7, 11) is -1.97. The molecule has 0 amide bonds. The lowest BCUT2D eigenvalue weighted by atomic mass is 9.96. The Morgan fingerprint density at radius 1 is 1.09 bits per heavy atom. The second-order valence-electron chi connectivity index (χ2n) is 11.0. The highest BCUT2D eigenvalue weighted by Crippen LogP contribution is 2.40. The molecule has 0 heterocycles. The minimum Gasteiger partial charge on any atom is -0.463 e. The van der Waals surface area contributed by atoms with Crippen LogP contribution in [-0.4, -0.2) is 26.5 Å². The molecule has 0 aromatic heterocycles. The van der Waals surface area contributed by atoms with Gasteiger partial charge in [-0.25, -0.2) is 4.79 Å². The molecule has 0 saturated carbocycles. The first-order valence-electron chi connectivity index (χ1n) is 12.4. The van der Waals surface area contributed by atoms with Gasteiger partial charge in [0.15, 0.2) is 8.32 Å². The Morgan fingerprint density at radius 3 is 2.34 bits per heavy atom.